The zero-order chi connectivity index (χ0) is 23.0. The number of thiophene rings is 1. The lowest BCUT2D eigenvalue weighted by Crippen LogP contribution is -2.34. The molecule has 0 aliphatic heterocycles. The number of carbonyl (C=O) groups excluding carboxylic acids is 1. The lowest BCUT2D eigenvalue weighted by Gasteiger charge is -2.11. The molecule has 0 bridgehead atoms. The van der Waals surface area contributed by atoms with Gasteiger partial charge in [-0.3, -0.25) is 9.36 Å². The van der Waals surface area contributed by atoms with Crippen LogP contribution < -0.4 is 15.6 Å². The summed E-state index contributed by atoms with van der Waals surface area (Å²) in [5.41, 5.74) is -0.449. The third-order valence-corrected chi connectivity index (χ3v) is 7.60. The van der Waals surface area contributed by atoms with Crippen molar-refractivity contribution in [3.63, 3.8) is 0 Å². The summed E-state index contributed by atoms with van der Waals surface area (Å²) in [4.78, 5) is 25.6. The normalized spacial score (nSPS) is 11.5. The topological polar surface area (TPSA) is 97.3 Å². The second-order valence-electron chi connectivity index (χ2n) is 6.81. The highest BCUT2D eigenvalue weighted by Crippen LogP contribution is 2.22. The van der Waals surface area contributed by atoms with Gasteiger partial charge in [0.15, 0.2) is 0 Å². The van der Waals surface area contributed by atoms with Crippen molar-refractivity contribution >= 4 is 55.5 Å². The molecule has 2 N–H and O–H groups in total. The van der Waals surface area contributed by atoms with Crippen LogP contribution in [-0.2, 0) is 10.0 Å². The number of hydrogen-bond donors (Lipinski definition) is 2. The summed E-state index contributed by atoms with van der Waals surface area (Å²) in [6.07, 6.45) is 1.43. The van der Waals surface area contributed by atoms with Gasteiger partial charge in [-0.25, -0.2) is 22.3 Å². The lowest BCUT2D eigenvalue weighted by atomic mass is 10.1. The van der Waals surface area contributed by atoms with Crippen LogP contribution in [0.1, 0.15) is 4.88 Å². The molecular formula is C21H15ClFN3O4S2. The maximum atomic E-state index is 14.8. The number of pyridine rings is 1. The molecule has 164 valence electrons. The molecule has 2 aromatic heterocycles. The summed E-state index contributed by atoms with van der Waals surface area (Å²) < 4.78 is 42.2. The number of hydrogen-bond acceptors (Lipinski definition) is 5. The highest BCUT2D eigenvalue weighted by atomic mass is 35.5. The number of benzene rings is 2. The van der Waals surface area contributed by atoms with Crippen molar-refractivity contribution in [2.45, 2.75) is 11.1 Å². The molecule has 2 amide bonds. The van der Waals surface area contributed by atoms with E-state index in [9.17, 15) is 22.4 Å². The van der Waals surface area contributed by atoms with E-state index >= 15 is 0 Å². The Balaban J connectivity index is 1.57. The Morgan fingerprint density at radius 3 is 2.56 bits per heavy atom. The standard InChI is InChI=1S/C21H15ClFN3O4S2/c1-12-2-7-19(31-12)32(29,30)25-21(28)24-15-4-6-18(17(23)11-15)26-9-8-13-10-14(22)3-5-16(13)20(26)27/h2-11H,1H3,(H2,24,25,28). The van der Waals surface area contributed by atoms with Crippen LogP contribution in [0.15, 0.2) is 69.8 Å². The minimum absolute atomic E-state index is 0.0105. The van der Waals surface area contributed by atoms with Crippen molar-refractivity contribution in [3.8, 4) is 5.69 Å². The summed E-state index contributed by atoms with van der Waals surface area (Å²) in [6.45, 7) is 1.74. The van der Waals surface area contributed by atoms with E-state index in [2.05, 4.69) is 5.32 Å². The minimum Gasteiger partial charge on any atom is -0.307 e. The number of nitrogens with one attached hydrogen (secondary N) is 2. The molecule has 0 aliphatic carbocycles. The summed E-state index contributed by atoms with van der Waals surface area (Å²) in [6, 6.07) is 12.0. The van der Waals surface area contributed by atoms with Crippen LogP contribution in [0, 0.1) is 12.7 Å². The summed E-state index contributed by atoms with van der Waals surface area (Å²) in [5.74, 6) is -0.782. The first-order chi connectivity index (χ1) is 15.1. The number of anilines is 1. The van der Waals surface area contributed by atoms with Crippen molar-refractivity contribution in [3.05, 3.63) is 86.9 Å². The van der Waals surface area contributed by atoms with E-state index in [1.54, 1.807) is 37.3 Å². The number of amides is 2. The Labute approximate surface area is 191 Å². The minimum atomic E-state index is -4.04. The number of rotatable bonds is 4. The van der Waals surface area contributed by atoms with E-state index in [1.807, 2.05) is 4.72 Å². The highest BCUT2D eigenvalue weighted by molar-refractivity contribution is 7.92. The Hall–Kier alpha value is -3.21. The monoisotopic (exact) mass is 491 g/mol. The number of fused-ring (bicyclic) bond motifs is 1. The third-order valence-electron chi connectivity index (χ3n) is 4.54. The highest BCUT2D eigenvalue weighted by Gasteiger charge is 2.20. The van der Waals surface area contributed by atoms with Crippen LogP contribution in [-0.4, -0.2) is 19.0 Å². The van der Waals surface area contributed by atoms with Crippen LogP contribution in [0.5, 0.6) is 0 Å². The maximum Gasteiger partial charge on any atom is 0.333 e. The molecular weight excluding hydrogens is 477 g/mol. The third kappa shape index (κ3) is 4.38. The Kier molecular flexibility index (Phi) is 5.76. The molecule has 0 saturated carbocycles. The quantitative estimate of drug-likeness (QED) is 0.433. The molecule has 32 heavy (non-hydrogen) atoms. The van der Waals surface area contributed by atoms with Crippen LogP contribution in [0.4, 0.5) is 14.9 Å². The van der Waals surface area contributed by atoms with Gasteiger partial charge >= 0.3 is 6.03 Å². The van der Waals surface area contributed by atoms with Gasteiger partial charge in [-0.05, 0) is 66.9 Å². The fraction of sp³-hybridized carbons (Fsp3) is 0.0476. The average molecular weight is 492 g/mol. The molecule has 4 aromatic rings. The number of halogens is 2. The first kappa shape index (κ1) is 22.0. The molecule has 7 nitrogen and oxygen atoms in total. The van der Waals surface area contributed by atoms with Gasteiger partial charge in [-0.1, -0.05) is 11.6 Å². The number of urea groups is 1. The maximum absolute atomic E-state index is 14.8. The van der Waals surface area contributed by atoms with Gasteiger partial charge in [0.1, 0.15) is 10.0 Å². The first-order valence-corrected chi connectivity index (χ1v) is 11.8. The largest absolute Gasteiger partial charge is 0.333 e. The molecule has 0 spiro atoms. The molecule has 2 heterocycles. The average Bonchev–Trinajstić information content (AvgIpc) is 3.16. The summed E-state index contributed by atoms with van der Waals surface area (Å²) in [7, 11) is -4.04. The number of aromatic nitrogens is 1. The van der Waals surface area contributed by atoms with Crippen LogP contribution in [0.25, 0.3) is 16.5 Å². The second kappa shape index (κ2) is 8.38. The van der Waals surface area contributed by atoms with Crippen LogP contribution in [0.3, 0.4) is 0 Å². The molecule has 11 heteroatoms. The van der Waals surface area contributed by atoms with Gasteiger partial charge in [0.25, 0.3) is 15.6 Å². The number of aryl methyl sites for hydroxylation is 1. The van der Waals surface area contributed by atoms with E-state index in [0.717, 1.165) is 26.8 Å². The number of nitrogens with zero attached hydrogens (tertiary/aromatic N) is 1. The van der Waals surface area contributed by atoms with Crippen molar-refractivity contribution in [1.29, 1.82) is 0 Å². The predicted molar refractivity (Wildman–Crippen MR) is 123 cm³/mol. The van der Waals surface area contributed by atoms with E-state index < -0.39 is 27.4 Å². The van der Waals surface area contributed by atoms with Crippen molar-refractivity contribution in [1.82, 2.24) is 9.29 Å². The molecule has 0 aliphatic rings. The zero-order valence-corrected chi connectivity index (χ0v) is 18.8. The Morgan fingerprint density at radius 1 is 1.09 bits per heavy atom. The Morgan fingerprint density at radius 2 is 1.88 bits per heavy atom. The number of carbonyl (C=O) groups is 1. The second-order valence-corrected chi connectivity index (χ2v) is 10.4. The van der Waals surface area contributed by atoms with Crippen molar-refractivity contribution in [2.75, 3.05) is 5.32 Å². The number of sulfonamides is 1. The molecule has 0 unspecified atom stereocenters. The molecule has 2 aromatic carbocycles. The summed E-state index contributed by atoms with van der Waals surface area (Å²) in [5, 5.41) is 3.74. The summed E-state index contributed by atoms with van der Waals surface area (Å²) >= 11 is 6.96. The SMILES string of the molecule is Cc1ccc(S(=O)(=O)NC(=O)Nc2ccc(-n3ccc4cc(Cl)ccc4c3=O)c(F)c2)s1. The fourth-order valence-corrected chi connectivity index (χ4v) is 5.44. The lowest BCUT2D eigenvalue weighted by molar-refractivity contribution is 0.256. The zero-order valence-electron chi connectivity index (χ0n) is 16.4. The molecule has 0 radical (unpaired) electrons. The van der Waals surface area contributed by atoms with E-state index in [0.29, 0.717) is 15.8 Å². The fourth-order valence-electron chi connectivity index (χ4n) is 3.07. The van der Waals surface area contributed by atoms with Crippen molar-refractivity contribution in [2.24, 2.45) is 0 Å². The first-order valence-electron chi connectivity index (χ1n) is 9.15. The van der Waals surface area contributed by atoms with Gasteiger partial charge in [0.2, 0.25) is 0 Å². The van der Waals surface area contributed by atoms with Gasteiger partial charge < -0.3 is 5.32 Å². The van der Waals surface area contributed by atoms with E-state index in [-0.39, 0.29) is 15.6 Å². The van der Waals surface area contributed by atoms with Gasteiger partial charge in [-0.15, -0.1) is 11.3 Å². The molecule has 4 rings (SSSR count). The van der Waals surface area contributed by atoms with Gasteiger partial charge in [-0.2, -0.15) is 0 Å². The predicted octanol–water partition coefficient (Wildman–Crippen LogP) is 4.66. The van der Waals surface area contributed by atoms with Gasteiger partial charge in [0, 0.05) is 27.2 Å². The van der Waals surface area contributed by atoms with Crippen LogP contribution >= 0.6 is 22.9 Å². The Bertz CT molecular complexity index is 1530. The van der Waals surface area contributed by atoms with E-state index in [1.165, 1.54) is 24.4 Å². The van der Waals surface area contributed by atoms with E-state index in [4.69, 9.17) is 11.6 Å². The smallest absolute Gasteiger partial charge is 0.307 e. The van der Waals surface area contributed by atoms with Crippen LogP contribution in [0.2, 0.25) is 5.02 Å². The van der Waals surface area contributed by atoms with Crippen molar-refractivity contribution < 1.29 is 17.6 Å². The molecule has 0 fully saturated rings. The molecule has 0 saturated heterocycles. The van der Waals surface area contributed by atoms with Gasteiger partial charge in [0.05, 0.1) is 5.69 Å². The molecule has 0 atom stereocenters.